The normalized spacial score (nSPS) is 11.3. The highest BCUT2D eigenvalue weighted by Gasteiger charge is 2.16. The molecule has 24 heavy (non-hydrogen) atoms. The van der Waals surface area contributed by atoms with E-state index in [1.807, 2.05) is 32.1 Å². The summed E-state index contributed by atoms with van der Waals surface area (Å²) in [5, 5.41) is 3.55. The first-order valence-electron chi connectivity index (χ1n) is 8.40. The maximum atomic E-state index is 6.15. The van der Waals surface area contributed by atoms with E-state index < -0.39 is 0 Å². The Morgan fingerprint density at radius 2 is 1.71 bits per heavy atom. The molecule has 0 unspecified atom stereocenters. The summed E-state index contributed by atoms with van der Waals surface area (Å²) >= 11 is 0. The van der Waals surface area contributed by atoms with E-state index in [2.05, 4.69) is 55.5 Å². The van der Waals surface area contributed by atoms with Crippen molar-refractivity contribution in [2.24, 2.45) is 7.05 Å². The minimum atomic E-state index is 0.937. The van der Waals surface area contributed by atoms with Crippen LogP contribution in [-0.2, 0) is 7.05 Å². The molecule has 4 aromatic rings. The average molecular weight is 317 g/mol. The minimum Gasteiger partial charge on any atom is -0.454 e. The summed E-state index contributed by atoms with van der Waals surface area (Å²) in [4.78, 5) is 0. The number of aromatic nitrogens is 1. The van der Waals surface area contributed by atoms with Gasteiger partial charge in [0.25, 0.3) is 0 Å². The summed E-state index contributed by atoms with van der Waals surface area (Å²) in [6, 6.07) is 12.5. The Kier molecular flexibility index (Phi) is 4.30. The summed E-state index contributed by atoms with van der Waals surface area (Å²) < 4.78 is 8.37. The average Bonchev–Trinajstić information content (AvgIpc) is 3.11. The molecule has 2 nitrogen and oxygen atoms in total. The molecule has 2 heteroatoms. The molecule has 0 N–H and O–H groups in total. The molecule has 2 heterocycles. The van der Waals surface area contributed by atoms with Gasteiger partial charge in [-0.15, -0.1) is 0 Å². The van der Waals surface area contributed by atoms with Crippen molar-refractivity contribution in [1.82, 2.24) is 4.57 Å². The van der Waals surface area contributed by atoms with Crippen LogP contribution in [0.25, 0.3) is 38.9 Å². The monoisotopic (exact) mass is 317 g/mol. The van der Waals surface area contributed by atoms with Gasteiger partial charge in [0.2, 0.25) is 0 Å². The third-order valence-corrected chi connectivity index (χ3v) is 4.44. The highest BCUT2D eigenvalue weighted by molar-refractivity contribution is 6.15. The minimum absolute atomic E-state index is 0.937. The molecule has 0 radical (unpaired) electrons. The number of hydrogen-bond acceptors (Lipinski definition) is 1. The molecule has 0 amide bonds. The van der Waals surface area contributed by atoms with Gasteiger partial charge in [0.05, 0.1) is 5.52 Å². The lowest BCUT2D eigenvalue weighted by Crippen LogP contribution is -1.90. The number of rotatable bonds is 2. The second-order valence-electron chi connectivity index (χ2n) is 5.59. The van der Waals surface area contributed by atoms with E-state index in [0.29, 0.717) is 0 Å². The maximum Gasteiger partial charge on any atom is 0.159 e. The Labute approximate surface area is 142 Å². The van der Waals surface area contributed by atoms with Crippen molar-refractivity contribution < 1.29 is 4.42 Å². The van der Waals surface area contributed by atoms with Gasteiger partial charge in [0, 0.05) is 34.5 Å². The number of nitrogens with zero attached hydrogens (tertiary/aromatic N) is 1. The standard InChI is InChI=1S/C20H17NO.C2H6/c1-4-5-8-14-13(2)21(3)19-16(14)11-12-17-15-9-6-7-10-18(15)22-20(17)19;1-2/h4-12H,1H2,2-3H3;1-2H3/b8-5-;. The van der Waals surface area contributed by atoms with Crippen molar-refractivity contribution in [3.8, 4) is 0 Å². The van der Waals surface area contributed by atoms with Crippen LogP contribution >= 0.6 is 0 Å². The summed E-state index contributed by atoms with van der Waals surface area (Å²) in [7, 11) is 2.09. The molecule has 0 aliphatic rings. The van der Waals surface area contributed by atoms with Crippen molar-refractivity contribution in [1.29, 1.82) is 0 Å². The molecule has 0 atom stereocenters. The Morgan fingerprint density at radius 1 is 1.00 bits per heavy atom. The molecule has 0 saturated carbocycles. The van der Waals surface area contributed by atoms with Crippen molar-refractivity contribution in [3.63, 3.8) is 0 Å². The fraction of sp³-hybridized carbons (Fsp3) is 0.182. The van der Waals surface area contributed by atoms with Crippen LogP contribution in [0.2, 0.25) is 0 Å². The zero-order chi connectivity index (χ0) is 17.3. The van der Waals surface area contributed by atoms with Crippen LogP contribution < -0.4 is 0 Å². The van der Waals surface area contributed by atoms with Gasteiger partial charge in [-0.1, -0.05) is 62.9 Å². The summed E-state index contributed by atoms with van der Waals surface area (Å²) in [5.74, 6) is 0. The van der Waals surface area contributed by atoms with Crippen LogP contribution in [0.15, 0.2) is 59.5 Å². The number of furan rings is 1. The van der Waals surface area contributed by atoms with Crippen molar-refractivity contribution in [3.05, 3.63) is 66.4 Å². The molecule has 0 saturated heterocycles. The highest BCUT2D eigenvalue weighted by atomic mass is 16.3. The molecule has 122 valence electrons. The SMILES string of the molecule is C=C/C=C\c1c(C)n(C)c2c1ccc1c3ccccc3oc12.CC. The quantitative estimate of drug-likeness (QED) is 0.380. The first-order chi connectivity index (χ1) is 11.7. The van der Waals surface area contributed by atoms with E-state index in [1.54, 1.807) is 6.08 Å². The molecule has 0 aliphatic heterocycles. The summed E-state index contributed by atoms with van der Waals surface area (Å²) in [6.45, 7) is 9.90. The number of fused-ring (bicyclic) bond motifs is 5. The van der Waals surface area contributed by atoms with Crippen LogP contribution in [0.5, 0.6) is 0 Å². The lowest BCUT2D eigenvalue weighted by Gasteiger charge is -1.99. The molecule has 2 aromatic carbocycles. The topological polar surface area (TPSA) is 18.1 Å². The Morgan fingerprint density at radius 3 is 2.46 bits per heavy atom. The molecular formula is C22H23NO. The van der Waals surface area contributed by atoms with Gasteiger partial charge in [-0.25, -0.2) is 0 Å². The fourth-order valence-electron chi connectivity index (χ4n) is 3.24. The zero-order valence-electron chi connectivity index (χ0n) is 14.8. The van der Waals surface area contributed by atoms with E-state index in [1.165, 1.54) is 27.4 Å². The van der Waals surface area contributed by atoms with Crippen LogP contribution in [0, 0.1) is 6.92 Å². The number of aryl methyl sites for hydroxylation is 1. The lowest BCUT2D eigenvalue weighted by atomic mass is 10.1. The van der Waals surface area contributed by atoms with Crippen molar-refractivity contribution in [2.75, 3.05) is 0 Å². The Hall–Kier alpha value is -2.74. The van der Waals surface area contributed by atoms with Crippen LogP contribution in [-0.4, -0.2) is 4.57 Å². The second-order valence-corrected chi connectivity index (χ2v) is 5.59. The number of hydrogen-bond donors (Lipinski definition) is 0. The van der Waals surface area contributed by atoms with Crippen LogP contribution in [0.1, 0.15) is 25.1 Å². The van der Waals surface area contributed by atoms with E-state index >= 15 is 0 Å². The van der Waals surface area contributed by atoms with Crippen molar-refractivity contribution >= 4 is 38.9 Å². The molecule has 0 spiro atoms. The lowest BCUT2D eigenvalue weighted by molar-refractivity contribution is 0.669. The summed E-state index contributed by atoms with van der Waals surface area (Å²) in [5.41, 5.74) is 5.49. The predicted octanol–water partition coefficient (Wildman–Crippen LogP) is 6.61. The summed E-state index contributed by atoms with van der Waals surface area (Å²) in [6.07, 6.45) is 5.89. The molecule has 0 fully saturated rings. The van der Waals surface area contributed by atoms with Gasteiger partial charge in [-0.3, -0.25) is 0 Å². The maximum absolute atomic E-state index is 6.15. The van der Waals surface area contributed by atoms with E-state index in [-0.39, 0.29) is 0 Å². The van der Waals surface area contributed by atoms with Gasteiger partial charge < -0.3 is 8.98 Å². The van der Waals surface area contributed by atoms with Gasteiger partial charge in [0.1, 0.15) is 5.58 Å². The van der Waals surface area contributed by atoms with Gasteiger partial charge >= 0.3 is 0 Å². The van der Waals surface area contributed by atoms with E-state index in [9.17, 15) is 0 Å². The fourth-order valence-corrected chi connectivity index (χ4v) is 3.24. The first-order valence-corrected chi connectivity index (χ1v) is 8.40. The molecule has 0 aliphatic carbocycles. The third kappa shape index (κ3) is 2.26. The van der Waals surface area contributed by atoms with Crippen molar-refractivity contribution in [2.45, 2.75) is 20.8 Å². The molecular weight excluding hydrogens is 294 g/mol. The largest absolute Gasteiger partial charge is 0.454 e. The zero-order valence-corrected chi connectivity index (χ0v) is 14.8. The van der Waals surface area contributed by atoms with Gasteiger partial charge in [-0.05, 0) is 19.1 Å². The first kappa shape index (κ1) is 16.1. The van der Waals surface area contributed by atoms with Gasteiger partial charge in [0.15, 0.2) is 5.58 Å². The molecule has 2 aromatic heterocycles. The van der Waals surface area contributed by atoms with E-state index in [4.69, 9.17) is 4.42 Å². The third-order valence-electron chi connectivity index (χ3n) is 4.44. The smallest absolute Gasteiger partial charge is 0.159 e. The molecule has 4 rings (SSSR count). The Balaban J connectivity index is 0.000000815. The number of benzene rings is 2. The predicted molar refractivity (Wildman–Crippen MR) is 106 cm³/mol. The molecule has 0 bridgehead atoms. The number of allylic oxidation sites excluding steroid dienone is 2. The Bertz CT molecular complexity index is 1060. The number of para-hydroxylation sites is 1. The van der Waals surface area contributed by atoms with Crippen LogP contribution in [0.4, 0.5) is 0 Å². The van der Waals surface area contributed by atoms with E-state index in [0.717, 1.165) is 16.7 Å². The van der Waals surface area contributed by atoms with Gasteiger partial charge in [-0.2, -0.15) is 0 Å². The highest BCUT2D eigenvalue weighted by Crippen LogP contribution is 2.37. The second kappa shape index (κ2) is 6.40. The van der Waals surface area contributed by atoms with Crippen LogP contribution in [0.3, 0.4) is 0 Å².